The molecule has 0 N–H and O–H groups in total. The highest BCUT2D eigenvalue weighted by Crippen LogP contribution is 2.36. The lowest BCUT2D eigenvalue weighted by molar-refractivity contribution is 0.0429. The average molecular weight is 260 g/mol. The first-order valence-corrected chi connectivity index (χ1v) is 9.12. The lowest BCUT2D eigenvalue weighted by Crippen LogP contribution is -2.41. The summed E-state index contributed by atoms with van der Waals surface area (Å²) in [5.41, 5.74) is 0. The van der Waals surface area contributed by atoms with Gasteiger partial charge in [-0.15, -0.1) is 6.58 Å². The van der Waals surface area contributed by atoms with E-state index in [1.807, 2.05) is 0 Å². The minimum absolute atomic E-state index is 0.264. The van der Waals surface area contributed by atoms with Crippen LogP contribution in [0.2, 0.25) is 18.1 Å². The van der Waals surface area contributed by atoms with Gasteiger partial charge in [-0.1, -0.05) is 26.8 Å². The van der Waals surface area contributed by atoms with Gasteiger partial charge in [-0.2, -0.15) is 0 Å². The fraction of sp³-hybridized carbons (Fsp3) is 0.846. The summed E-state index contributed by atoms with van der Waals surface area (Å²) >= 11 is 0. The predicted octanol–water partition coefficient (Wildman–Crippen LogP) is 3.23. The van der Waals surface area contributed by atoms with Crippen molar-refractivity contribution >= 4 is 8.32 Å². The van der Waals surface area contributed by atoms with E-state index in [-0.39, 0.29) is 5.04 Å². The third kappa shape index (κ3) is 7.71. The average Bonchev–Trinajstić information content (AvgIpc) is 2.20. The maximum Gasteiger partial charge on any atom is 0.192 e. The van der Waals surface area contributed by atoms with E-state index in [9.17, 15) is 0 Å². The molecule has 0 amide bonds. The molecule has 3 nitrogen and oxygen atoms in total. The van der Waals surface area contributed by atoms with Crippen molar-refractivity contribution in [2.45, 2.75) is 38.9 Å². The Balaban J connectivity index is 3.48. The Labute approximate surface area is 107 Å². The molecule has 0 atom stereocenters. The van der Waals surface area contributed by atoms with Gasteiger partial charge in [-0.05, 0) is 18.1 Å². The second-order valence-electron chi connectivity index (χ2n) is 5.58. The summed E-state index contributed by atoms with van der Waals surface area (Å²) in [6.45, 7) is 17.9. The van der Waals surface area contributed by atoms with Crippen molar-refractivity contribution in [3.63, 3.8) is 0 Å². The van der Waals surface area contributed by atoms with Crippen molar-refractivity contribution in [3.05, 3.63) is 12.7 Å². The molecule has 0 radical (unpaired) electrons. The van der Waals surface area contributed by atoms with Gasteiger partial charge in [0.05, 0.1) is 33.0 Å². The van der Waals surface area contributed by atoms with Gasteiger partial charge in [-0.3, -0.25) is 0 Å². The summed E-state index contributed by atoms with van der Waals surface area (Å²) in [4.78, 5) is 0. The van der Waals surface area contributed by atoms with Crippen LogP contribution in [0.1, 0.15) is 20.8 Å². The van der Waals surface area contributed by atoms with Gasteiger partial charge in [-0.25, -0.2) is 0 Å². The monoisotopic (exact) mass is 260 g/mol. The molecule has 0 heterocycles. The molecule has 0 aliphatic carbocycles. The summed E-state index contributed by atoms with van der Waals surface area (Å²) in [6, 6.07) is 0. The first-order valence-electron chi connectivity index (χ1n) is 6.21. The molecule has 0 bridgehead atoms. The molecule has 0 saturated heterocycles. The molecule has 102 valence electrons. The normalized spacial score (nSPS) is 12.8. The second-order valence-corrected chi connectivity index (χ2v) is 10.4. The summed E-state index contributed by atoms with van der Waals surface area (Å²) in [5.74, 6) is 0. The topological polar surface area (TPSA) is 27.7 Å². The van der Waals surface area contributed by atoms with Gasteiger partial charge in [0, 0.05) is 0 Å². The Morgan fingerprint density at radius 3 is 2.06 bits per heavy atom. The quantitative estimate of drug-likeness (QED) is 0.362. The Morgan fingerprint density at radius 2 is 1.53 bits per heavy atom. The van der Waals surface area contributed by atoms with Crippen LogP contribution in [-0.4, -0.2) is 41.4 Å². The molecule has 0 aromatic heterocycles. The Kier molecular flexibility index (Phi) is 7.95. The molecular weight excluding hydrogens is 232 g/mol. The SMILES string of the molecule is C=CCOCCOCCO[Si](C)(C)C(C)(C)C. The van der Waals surface area contributed by atoms with Crippen LogP contribution in [0, 0.1) is 0 Å². The summed E-state index contributed by atoms with van der Waals surface area (Å²) in [6.07, 6.45) is 1.74. The van der Waals surface area contributed by atoms with E-state index in [1.165, 1.54) is 0 Å². The maximum atomic E-state index is 5.98. The molecule has 0 fully saturated rings. The highest BCUT2D eigenvalue weighted by molar-refractivity contribution is 6.74. The zero-order chi connectivity index (χ0) is 13.4. The van der Waals surface area contributed by atoms with E-state index in [2.05, 4.69) is 40.4 Å². The Bertz CT molecular complexity index is 209. The minimum atomic E-state index is -1.61. The van der Waals surface area contributed by atoms with Crippen molar-refractivity contribution in [1.29, 1.82) is 0 Å². The van der Waals surface area contributed by atoms with Gasteiger partial charge < -0.3 is 13.9 Å². The lowest BCUT2D eigenvalue weighted by atomic mass is 10.2. The third-order valence-corrected chi connectivity index (χ3v) is 7.64. The maximum absolute atomic E-state index is 5.98. The van der Waals surface area contributed by atoms with Crippen LogP contribution >= 0.6 is 0 Å². The summed E-state index contributed by atoms with van der Waals surface area (Å²) in [7, 11) is -1.61. The molecule has 0 aromatic rings. The van der Waals surface area contributed by atoms with Crippen molar-refractivity contribution < 1.29 is 13.9 Å². The van der Waals surface area contributed by atoms with Crippen LogP contribution in [0.5, 0.6) is 0 Å². The van der Waals surface area contributed by atoms with Crippen LogP contribution in [0.15, 0.2) is 12.7 Å². The summed E-state index contributed by atoms with van der Waals surface area (Å²) in [5, 5.41) is 0.264. The first-order chi connectivity index (χ1) is 7.81. The standard InChI is InChI=1S/C13H28O3Si/c1-7-8-14-9-10-15-11-12-16-17(5,6)13(2,3)4/h7H,1,8-12H2,2-6H3. The molecule has 4 heteroatoms. The fourth-order valence-corrected chi connectivity index (χ4v) is 1.99. The van der Waals surface area contributed by atoms with Gasteiger partial charge >= 0.3 is 0 Å². The van der Waals surface area contributed by atoms with Gasteiger partial charge in [0.25, 0.3) is 0 Å². The van der Waals surface area contributed by atoms with Gasteiger partial charge in [0.2, 0.25) is 0 Å². The molecule has 0 aliphatic rings. The lowest BCUT2D eigenvalue weighted by Gasteiger charge is -2.36. The second kappa shape index (κ2) is 8.03. The van der Waals surface area contributed by atoms with Gasteiger partial charge in [0.15, 0.2) is 8.32 Å². The van der Waals surface area contributed by atoms with Crippen LogP contribution in [0.25, 0.3) is 0 Å². The smallest absolute Gasteiger partial charge is 0.192 e. The highest BCUT2D eigenvalue weighted by atomic mass is 28.4. The Hall–Kier alpha value is -0.163. The molecule has 0 aliphatic heterocycles. The molecule has 0 rings (SSSR count). The van der Waals surface area contributed by atoms with Crippen molar-refractivity contribution in [2.75, 3.05) is 33.0 Å². The number of hydrogen-bond acceptors (Lipinski definition) is 3. The molecular formula is C13H28O3Si. The van der Waals surface area contributed by atoms with Crippen molar-refractivity contribution in [3.8, 4) is 0 Å². The molecule has 0 saturated carbocycles. The summed E-state index contributed by atoms with van der Waals surface area (Å²) < 4.78 is 16.6. The number of hydrogen-bond donors (Lipinski definition) is 0. The molecule has 17 heavy (non-hydrogen) atoms. The van der Waals surface area contributed by atoms with E-state index < -0.39 is 8.32 Å². The van der Waals surface area contributed by atoms with Crippen LogP contribution in [0.3, 0.4) is 0 Å². The van der Waals surface area contributed by atoms with Crippen LogP contribution in [-0.2, 0) is 13.9 Å². The van der Waals surface area contributed by atoms with Crippen LogP contribution in [0.4, 0.5) is 0 Å². The molecule has 0 unspecified atom stereocenters. The number of ether oxygens (including phenoxy) is 2. The Morgan fingerprint density at radius 1 is 1.00 bits per heavy atom. The van der Waals surface area contributed by atoms with Crippen LogP contribution < -0.4 is 0 Å². The van der Waals surface area contributed by atoms with Gasteiger partial charge in [0.1, 0.15) is 0 Å². The largest absolute Gasteiger partial charge is 0.414 e. The minimum Gasteiger partial charge on any atom is -0.414 e. The van der Waals surface area contributed by atoms with E-state index in [1.54, 1.807) is 6.08 Å². The number of rotatable bonds is 9. The first kappa shape index (κ1) is 16.8. The fourth-order valence-electron chi connectivity index (χ4n) is 0.959. The molecule has 0 spiro atoms. The van der Waals surface area contributed by atoms with E-state index in [0.29, 0.717) is 33.0 Å². The predicted molar refractivity (Wildman–Crippen MR) is 75.0 cm³/mol. The third-order valence-electron chi connectivity index (χ3n) is 3.10. The highest BCUT2D eigenvalue weighted by Gasteiger charge is 2.36. The zero-order valence-electron chi connectivity index (χ0n) is 12.0. The molecule has 0 aromatic carbocycles. The zero-order valence-corrected chi connectivity index (χ0v) is 13.0. The van der Waals surface area contributed by atoms with E-state index in [4.69, 9.17) is 13.9 Å². The van der Waals surface area contributed by atoms with E-state index >= 15 is 0 Å². The van der Waals surface area contributed by atoms with Crippen molar-refractivity contribution in [2.24, 2.45) is 0 Å². The van der Waals surface area contributed by atoms with E-state index in [0.717, 1.165) is 0 Å². The van der Waals surface area contributed by atoms with Crippen molar-refractivity contribution in [1.82, 2.24) is 0 Å².